The van der Waals surface area contributed by atoms with Crippen LogP contribution in [0.3, 0.4) is 0 Å². The predicted molar refractivity (Wildman–Crippen MR) is 84.8 cm³/mol. The molecule has 23 heavy (non-hydrogen) atoms. The van der Waals surface area contributed by atoms with Crippen LogP contribution in [0.4, 0.5) is 0 Å². The van der Waals surface area contributed by atoms with Gasteiger partial charge in [-0.15, -0.1) is 0 Å². The molecular weight excluding hydrogens is 294 g/mol. The molecule has 1 unspecified atom stereocenters. The second-order valence-corrected chi connectivity index (χ2v) is 5.60. The number of rotatable bonds is 3. The number of hydrogen-bond donors (Lipinski definition) is 0. The maximum Gasteiger partial charge on any atom is 0.310 e. The molecule has 1 aliphatic rings. The van der Waals surface area contributed by atoms with Crippen molar-refractivity contribution in [3.8, 4) is 0 Å². The van der Waals surface area contributed by atoms with Crippen molar-refractivity contribution in [1.29, 1.82) is 0 Å². The monoisotopic (exact) mass is 313 g/mol. The summed E-state index contributed by atoms with van der Waals surface area (Å²) in [4.78, 5) is 34.9. The molecule has 1 aliphatic heterocycles. The summed E-state index contributed by atoms with van der Waals surface area (Å²) >= 11 is 0. The van der Waals surface area contributed by atoms with E-state index in [1.165, 1.54) is 0 Å². The van der Waals surface area contributed by atoms with Gasteiger partial charge in [0.15, 0.2) is 0 Å². The number of carbonyl (C=O) groups excluding carboxylic acids is 2. The van der Waals surface area contributed by atoms with Crippen molar-refractivity contribution in [1.82, 2.24) is 14.9 Å². The van der Waals surface area contributed by atoms with E-state index in [0.29, 0.717) is 30.8 Å². The van der Waals surface area contributed by atoms with E-state index in [2.05, 4.69) is 9.97 Å². The third kappa shape index (κ3) is 3.16. The number of fused-ring (bicyclic) bond motifs is 1. The molecule has 1 amide bonds. The van der Waals surface area contributed by atoms with Crippen LogP contribution in [-0.4, -0.2) is 46.4 Å². The summed E-state index contributed by atoms with van der Waals surface area (Å²) in [5, 5.41) is 0.831. The number of nitrogens with zero attached hydrogens (tertiary/aromatic N) is 3. The van der Waals surface area contributed by atoms with Crippen molar-refractivity contribution >= 4 is 22.8 Å². The van der Waals surface area contributed by atoms with Gasteiger partial charge in [0, 0.05) is 37.1 Å². The minimum Gasteiger partial charge on any atom is -0.466 e. The number of ether oxygens (including phenoxy) is 1. The number of esters is 1. The van der Waals surface area contributed by atoms with Crippen LogP contribution in [0.5, 0.6) is 0 Å². The highest BCUT2D eigenvalue weighted by Gasteiger charge is 2.30. The quantitative estimate of drug-likeness (QED) is 0.811. The Morgan fingerprint density at radius 2 is 2.26 bits per heavy atom. The highest BCUT2D eigenvalue weighted by atomic mass is 16.5. The summed E-state index contributed by atoms with van der Waals surface area (Å²) in [6.45, 7) is 3.18. The van der Waals surface area contributed by atoms with Gasteiger partial charge in [-0.3, -0.25) is 19.6 Å². The van der Waals surface area contributed by atoms with E-state index in [1.54, 1.807) is 30.4 Å². The Bertz CT molecular complexity index is 727. The minimum atomic E-state index is -0.247. The molecule has 1 saturated heterocycles. The Labute approximate surface area is 134 Å². The van der Waals surface area contributed by atoms with E-state index in [4.69, 9.17) is 4.74 Å². The molecule has 3 rings (SSSR count). The third-order valence-corrected chi connectivity index (χ3v) is 4.07. The summed E-state index contributed by atoms with van der Waals surface area (Å²) in [5.74, 6) is -0.599. The first-order chi connectivity index (χ1) is 11.2. The van der Waals surface area contributed by atoms with Crippen molar-refractivity contribution in [3.63, 3.8) is 0 Å². The Morgan fingerprint density at radius 3 is 3.09 bits per heavy atom. The number of piperidine rings is 1. The van der Waals surface area contributed by atoms with Crippen molar-refractivity contribution in [2.24, 2.45) is 5.92 Å². The average molecular weight is 313 g/mol. The smallest absolute Gasteiger partial charge is 0.310 e. The van der Waals surface area contributed by atoms with Gasteiger partial charge in [0.1, 0.15) is 0 Å². The van der Waals surface area contributed by atoms with E-state index in [9.17, 15) is 9.59 Å². The molecular formula is C17H19N3O3. The SMILES string of the molecule is CCOC(=O)C1CCCN(C(=O)c2cncc3cccnc23)C1. The van der Waals surface area contributed by atoms with Gasteiger partial charge in [-0.05, 0) is 31.9 Å². The highest BCUT2D eigenvalue weighted by molar-refractivity contribution is 6.05. The van der Waals surface area contributed by atoms with Crippen LogP contribution < -0.4 is 0 Å². The summed E-state index contributed by atoms with van der Waals surface area (Å²) in [6, 6.07) is 3.69. The van der Waals surface area contributed by atoms with Crippen LogP contribution in [0, 0.1) is 5.92 Å². The van der Waals surface area contributed by atoms with Gasteiger partial charge in [0.05, 0.1) is 23.6 Å². The van der Waals surface area contributed by atoms with Gasteiger partial charge in [-0.25, -0.2) is 0 Å². The lowest BCUT2D eigenvalue weighted by Crippen LogP contribution is -2.43. The highest BCUT2D eigenvalue weighted by Crippen LogP contribution is 2.22. The zero-order valence-electron chi connectivity index (χ0n) is 13.1. The third-order valence-electron chi connectivity index (χ3n) is 4.07. The zero-order chi connectivity index (χ0) is 16.2. The van der Waals surface area contributed by atoms with Gasteiger partial charge in [-0.2, -0.15) is 0 Å². The lowest BCUT2D eigenvalue weighted by Gasteiger charge is -2.31. The molecule has 0 bridgehead atoms. The molecule has 0 spiro atoms. The molecule has 0 radical (unpaired) electrons. The fourth-order valence-electron chi connectivity index (χ4n) is 2.94. The van der Waals surface area contributed by atoms with Gasteiger partial charge >= 0.3 is 5.97 Å². The fourth-order valence-corrected chi connectivity index (χ4v) is 2.94. The molecule has 2 aromatic heterocycles. The standard InChI is InChI=1S/C17H19N3O3/c1-2-23-17(22)13-6-4-8-20(11-13)16(21)14-10-18-9-12-5-3-7-19-15(12)14/h3,5,7,9-10,13H,2,4,6,8,11H2,1H3. The van der Waals surface area contributed by atoms with Crippen LogP contribution in [0.1, 0.15) is 30.1 Å². The number of carbonyl (C=O) groups is 2. The Hall–Kier alpha value is -2.50. The molecule has 120 valence electrons. The van der Waals surface area contributed by atoms with Gasteiger partial charge < -0.3 is 9.64 Å². The molecule has 3 heterocycles. The van der Waals surface area contributed by atoms with E-state index < -0.39 is 0 Å². The largest absolute Gasteiger partial charge is 0.466 e. The van der Waals surface area contributed by atoms with Gasteiger partial charge in [0.2, 0.25) is 0 Å². The summed E-state index contributed by atoms with van der Waals surface area (Å²) < 4.78 is 5.08. The van der Waals surface area contributed by atoms with Crippen LogP contribution >= 0.6 is 0 Å². The number of pyridine rings is 2. The van der Waals surface area contributed by atoms with Gasteiger partial charge in [-0.1, -0.05) is 0 Å². The molecule has 2 aromatic rings. The number of amides is 1. The maximum atomic E-state index is 12.8. The maximum absolute atomic E-state index is 12.8. The molecule has 0 aromatic carbocycles. The number of likely N-dealkylation sites (tertiary alicyclic amines) is 1. The van der Waals surface area contributed by atoms with E-state index in [0.717, 1.165) is 18.2 Å². The van der Waals surface area contributed by atoms with Crippen LogP contribution in [0.2, 0.25) is 0 Å². The first kappa shape index (κ1) is 15.4. The topological polar surface area (TPSA) is 72.4 Å². The number of aromatic nitrogens is 2. The predicted octanol–water partition coefficient (Wildman–Crippen LogP) is 2.05. The zero-order valence-corrected chi connectivity index (χ0v) is 13.1. The lowest BCUT2D eigenvalue weighted by molar-refractivity contribution is -0.149. The second kappa shape index (κ2) is 6.73. The molecule has 1 fully saturated rings. The van der Waals surface area contributed by atoms with Crippen LogP contribution in [-0.2, 0) is 9.53 Å². The normalized spacial score (nSPS) is 18.0. The van der Waals surface area contributed by atoms with E-state index in [1.807, 2.05) is 12.1 Å². The Kier molecular flexibility index (Phi) is 4.50. The summed E-state index contributed by atoms with van der Waals surface area (Å²) in [7, 11) is 0. The van der Waals surface area contributed by atoms with Crippen LogP contribution in [0.15, 0.2) is 30.7 Å². The van der Waals surface area contributed by atoms with Crippen molar-refractivity contribution in [2.45, 2.75) is 19.8 Å². The minimum absolute atomic E-state index is 0.129. The molecule has 0 saturated carbocycles. The molecule has 1 atom stereocenters. The molecule has 0 aliphatic carbocycles. The first-order valence-corrected chi connectivity index (χ1v) is 7.85. The molecule has 0 N–H and O–H groups in total. The van der Waals surface area contributed by atoms with Crippen LogP contribution in [0.25, 0.3) is 10.9 Å². The fraction of sp³-hybridized carbons (Fsp3) is 0.412. The van der Waals surface area contributed by atoms with Crippen molar-refractivity contribution in [3.05, 3.63) is 36.3 Å². The Morgan fingerprint density at radius 1 is 1.39 bits per heavy atom. The first-order valence-electron chi connectivity index (χ1n) is 7.85. The van der Waals surface area contributed by atoms with E-state index in [-0.39, 0.29) is 17.8 Å². The molecule has 6 nitrogen and oxygen atoms in total. The second-order valence-electron chi connectivity index (χ2n) is 5.60. The van der Waals surface area contributed by atoms with E-state index >= 15 is 0 Å². The molecule has 6 heteroatoms. The Balaban J connectivity index is 1.83. The average Bonchev–Trinajstić information content (AvgIpc) is 2.61. The summed E-state index contributed by atoms with van der Waals surface area (Å²) in [6.07, 6.45) is 6.45. The van der Waals surface area contributed by atoms with Gasteiger partial charge in [0.25, 0.3) is 5.91 Å². The summed E-state index contributed by atoms with van der Waals surface area (Å²) in [5.41, 5.74) is 1.12. The lowest BCUT2D eigenvalue weighted by atomic mass is 9.97. The number of hydrogen-bond acceptors (Lipinski definition) is 5. The van der Waals surface area contributed by atoms with Crippen molar-refractivity contribution < 1.29 is 14.3 Å². The van der Waals surface area contributed by atoms with Crippen molar-refractivity contribution in [2.75, 3.05) is 19.7 Å².